The van der Waals surface area contributed by atoms with Gasteiger partial charge in [-0.3, -0.25) is 4.79 Å². The Labute approximate surface area is 94.6 Å². The number of carbonyl (C=O) groups excluding carboxylic acids is 1. The van der Waals surface area contributed by atoms with Gasteiger partial charge < -0.3 is 5.32 Å². The second-order valence-corrected chi connectivity index (χ2v) is 5.67. The highest BCUT2D eigenvalue weighted by Gasteiger charge is 2.51. The highest BCUT2D eigenvalue weighted by Crippen LogP contribution is 2.45. The Bertz CT molecular complexity index is 306. The lowest BCUT2D eigenvalue weighted by Crippen LogP contribution is -2.38. The predicted molar refractivity (Wildman–Crippen MR) is 60.4 cm³/mol. The summed E-state index contributed by atoms with van der Waals surface area (Å²) in [6.45, 7) is 0. The largest absolute Gasteiger partial charge is 0.352 e. The highest BCUT2D eigenvalue weighted by molar-refractivity contribution is 7.99. The Morgan fingerprint density at radius 1 is 1.53 bits per heavy atom. The van der Waals surface area contributed by atoms with E-state index in [0.717, 1.165) is 25.7 Å². The standard InChI is InChI=1S/C11H16N2OS/c1-15-9-3-2-8(6-9)13-10(14)11(7-12)4-5-11/h8-9H,2-6H2,1H3,(H,13,14). The van der Waals surface area contributed by atoms with Gasteiger partial charge in [-0.15, -0.1) is 0 Å². The van der Waals surface area contributed by atoms with E-state index in [-0.39, 0.29) is 5.91 Å². The summed E-state index contributed by atoms with van der Waals surface area (Å²) in [5.74, 6) is -0.0308. The zero-order valence-electron chi connectivity index (χ0n) is 8.95. The molecule has 2 fully saturated rings. The van der Waals surface area contributed by atoms with Gasteiger partial charge in [0.05, 0.1) is 6.07 Å². The van der Waals surface area contributed by atoms with Gasteiger partial charge in [-0.1, -0.05) is 0 Å². The summed E-state index contributed by atoms with van der Waals surface area (Å²) in [6, 6.07) is 2.44. The van der Waals surface area contributed by atoms with Crippen molar-refractivity contribution >= 4 is 17.7 Å². The summed E-state index contributed by atoms with van der Waals surface area (Å²) in [4.78, 5) is 11.8. The van der Waals surface area contributed by atoms with Crippen LogP contribution in [0.2, 0.25) is 0 Å². The smallest absolute Gasteiger partial charge is 0.240 e. The molecule has 0 spiro atoms. The van der Waals surface area contributed by atoms with Crippen molar-refractivity contribution < 1.29 is 4.79 Å². The number of nitrogens with one attached hydrogen (secondary N) is 1. The molecule has 2 aliphatic rings. The lowest BCUT2D eigenvalue weighted by atomic mass is 10.1. The molecule has 3 nitrogen and oxygen atoms in total. The Hall–Kier alpha value is -0.690. The summed E-state index contributed by atoms with van der Waals surface area (Å²) in [5.41, 5.74) is -0.655. The summed E-state index contributed by atoms with van der Waals surface area (Å²) in [5, 5.41) is 12.6. The molecule has 82 valence electrons. The Morgan fingerprint density at radius 3 is 2.73 bits per heavy atom. The number of amides is 1. The van der Waals surface area contributed by atoms with Gasteiger partial charge in [-0.25, -0.2) is 0 Å². The lowest BCUT2D eigenvalue weighted by molar-refractivity contribution is -0.125. The molecule has 0 aromatic carbocycles. The summed E-state index contributed by atoms with van der Waals surface area (Å²) < 4.78 is 0. The molecule has 15 heavy (non-hydrogen) atoms. The molecule has 0 aromatic rings. The number of nitriles is 1. The van der Waals surface area contributed by atoms with Crippen LogP contribution in [0, 0.1) is 16.7 Å². The van der Waals surface area contributed by atoms with Gasteiger partial charge in [0.2, 0.25) is 5.91 Å². The van der Waals surface area contributed by atoms with Gasteiger partial charge >= 0.3 is 0 Å². The number of hydrogen-bond acceptors (Lipinski definition) is 3. The molecule has 0 heterocycles. The van der Waals surface area contributed by atoms with E-state index in [2.05, 4.69) is 17.6 Å². The molecule has 1 amide bonds. The molecule has 2 atom stereocenters. The molecule has 2 rings (SSSR count). The minimum absolute atomic E-state index is 0.0308. The first-order chi connectivity index (χ1) is 7.20. The Balaban J connectivity index is 1.84. The van der Waals surface area contributed by atoms with E-state index in [9.17, 15) is 4.79 Å². The molecule has 0 bridgehead atoms. The van der Waals surface area contributed by atoms with Crippen LogP contribution >= 0.6 is 11.8 Å². The van der Waals surface area contributed by atoms with Crippen LogP contribution < -0.4 is 5.32 Å². The van der Waals surface area contributed by atoms with Crippen molar-refractivity contribution in [3.8, 4) is 6.07 Å². The third kappa shape index (κ3) is 2.12. The zero-order chi connectivity index (χ0) is 10.9. The fraction of sp³-hybridized carbons (Fsp3) is 0.818. The fourth-order valence-electron chi connectivity index (χ4n) is 2.12. The Morgan fingerprint density at radius 2 is 2.27 bits per heavy atom. The normalized spacial score (nSPS) is 32.0. The number of thioether (sulfide) groups is 1. The van der Waals surface area contributed by atoms with Gasteiger partial charge in [0.1, 0.15) is 5.41 Å². The van der Waals surface area contributed by atoms with Crippen LogP contribution in [0.1, 0.15) is 32.1 Å². The maximum Gasteiger partial charge on any atom is 0.240 e. The van der Waals surface area contributed by atoms with Crippen molar-refractivity contribution in [1.82, 2.24) is 5.32 Å². The molecular formula is C11H16N2OS. The topological polar surface area (TPSA) is 52.9 Å². The van der Waals surface area contributed by atoms with Crippen LogP contribution in [0.25, 0.3) is 0 Å². The molecule has 0 aromatic heterocycles. The lowest BCUT2D eigenvalue weighted by Gasteiger charge is -2.14. The van der Waals surface area contributed by atoms with Crippen molar-refractivity contribution in [1.29, 1.82) is 5.26 Å². The molecule has 4 heteroatoms. The number of nitrogens with zero attached hydrogens (tertiary/aromatic N) is 1. The van der Waals surface area contributed by atoms with Gasteiger partial charge in [-0.05, 0) is 38.4 Å². The zero-order valence-corrected chi connectivity index (χ0v) is 9.77. The maximum atomic E-state index is 11.8. The van der Waals surface area contributed by atoms with Crippen molar-refractivity contribution in [2.75, 3.05) is 6.26 Å². The average Bonchev–Trinajstić information content (AvgIpc) is 2.94. The monoisotopic (exact) mass is 224 g/mol. The molecule has 0 saturated heterocycles. The highest BCUT2D eigenvalue weighted by atomic mass is 32.2. The van der Waals surface area contributed by atoms with E-state index in [1.165, 1.54) is 6.42 Å². The van der Waals surface area contributed by atoms with Gasteiger partial charge in [0.25, 0.3) is 0 Å². The minimum atomic E-state index is -0.655. The fourth-order valence-corrected chi connectivity index (χ4v) is 2.92. The predicted octanol–water partition coefficient (Wildman–Crippen LogP) is 1.69. The molecule has 2 unspecified atom stereocenters. The summed E-state index contributed by atoms with van der Waals surface area (Å²) in [7, 11) is 0. The summed E-state index contributed by atoms with van der Waals surface area (Å²) in [6.07, 6.45) is 6.92. The van der Waals surface area contributed by atoms with Gasteiger partial charge in [0, 0.05) is 11.3 Å². The molecule has 1 N–H and O–H groups in total. The van der Waals surface area contributed by atoms with E-state index in [1.54, 1.807) is 0 Å². The van der Waals surface area contributed by atoms with Gasteiger partial charge in [0.15, 0.2) is 0 Å². The SMILES string of the molecule is CSC1CCC(NC(=O)C2(C#N)CC2)C1. The third-order valence-electron chi connectivity index (χ3n) is 3.45. The van der Waals surface area contributed by atoms with Crippen molar-refractivity contribution in [2.24, 2.45) is 5.41 Å². The average molecular weight is 224 g/mol. The van der Waals surface area contributed by atoms with Crippen LogP contribution in [-0.4, -0.2) is 23.5 Å². The second-order valence-electron chi connectivity index (χ2n) is 4.54. The number of carbonyl (C=O) groups is 1. The Kier molecular flexibility index (Phi) is 2.92. The molecule has 0 aliphatic heterocycles. The third-order valence-corrected chi connectivity index (χ3v) is 4.55. The van der Waals surface area contributed by atoms with E-state index in [0.29, 0.717) is 11.3 Å². The molecule has 2 aliphatic carbocycles. The first kappa shape index (κ1) is 10.8. The van der Waals surface area contributed by atoms with Crippen molar-refractivity contribution in [2.45, 2.75) is 43.4 Å². The van der Waals surface area contributed by atoms with Crippen LogP contribution in [0.4, 0.5) is 0 Å². The quantitative estimate of drug-likeness (QED) is 0.793. The van der Waals surface area contributed by atoms with Gasteiger partial charge in [-0.2, -0.15) is 17.0 Å². The summed E-state index contributed by atoms with van der Waals surface area (Å²) >= 11 is 1.88. The second kappa shape index (κ2) is 4.05. The van der Waals surface area contributed by atoms with Crippen LogP contribution in [0.3, 0.4) is 0 Å². The maximum absolute atomic E-state index is 11.8. The molecular weight excluding hydrogens is 208 g/mol. The van der Waals surface area contributed by atoms with E-state index >= 15 is 0 Å². The first-order valence-electron chi connectivity index (χ1n) is 5.45. The van der Waals surface area contributed by atoms with Crippen molar-refractivity contribution in [3.05, 3.63) is 0 Å². The minimum Gasteiger partial charge on any atom is -0.352 e. The van der Waals surface area contributed by atoms with Crippen LogP contribution in [0.5, 0.6) is 0 Å². The van der Waals surface area contributed by atoms with Crippen molar-refractivity contribution in [3.63, 3.8) is 0 Å². The number of rotatable bonds is 3. The van der Waals surface area contributed by atoms with E-state index in [1.807, 2.05) is 11.8 Å². The van der Waals surface area contributed by atoms with E-state index < -0.39 is 5.41 Å². The molecule has 2 saturated carbocycles. The first-order valence-corrected chi connectivity index (χ1v) is 6.74. The van der Waals surface area contributed by atoms with Crippen LogP contribution in [-0.2, 0) is 4.79 Å². The number of hydrogen-bond donors (Lipinski definition) is 1. The van der Waals surface area contributed by atoms with E-state index in [4.69, 9.17) is 5.26 Å². The molecule has 0 radical (unpaired) electrons. The van der Waals surface area contributed by atoms with Crippen LogP contribution in [0.15, 0.2) is 0 Å².